The van der Waals surface area contributed by atoms with Gasteiger partial charge in [-0.1, -0.05) is 0 Å². The van der Waals surface area contributed by atoms with E-state index in [4.69, 9.17) is 0 Å². The van der Waals surface area contributed by atoms with Gasteiger partial charge in [-0.3, -0.25) is 15.0 Å². The number of likely N-dealkylation sites (N-methyl/N-ethyl adjacent to an activating group) is 1. The minimum absolute atomic E-state index is 0.000644. The number of rotatable bonds is 5. The molecule has 1 aromatic heterocycles. The Hall–Kier alpha value is -0.920. The van der Waals surface area contributed by atoms with Crippen LogP contribution >= 0.6 is 27.3 Å². The molecule has 0 bridgehead atoms. The van der Waals surface area contributed by atoms with Crippen LogP contribution in [0.3, 0.4) is 0 Å². The molecule has 1 rings (SSSR count). The van der Waals surface area contributed by atoms with Gasteiger partial charge in [-0.25, -0.2) is 4.79 Å². The zero-order valence-corrected chi connectivity index (χ0v) is 14.5. The number of nitrogens with one attached hydrogen (secondary N) is 2. The fourth-order valence-corrected chi connectivity index (χ4v) is 3.08. The van der Waals surface area contributed by atoms with Gasteiger partial charge in [-0.15, -0.1) is 11.3 Å². The second-order valence-corrected chi connectivity index (χ2v) is 7.46. The number of hydrogen-bond acceptors (Lipinski definition) is 4. The van der Waals surface area contributed by atoms with Crippen LogP contribution in [0.25, 0.3) is 0 Å². The van der Waals surface area contributed by atoms with Gasteiger partial charge >= 0.3 is 6.03 Å². The topological polar surface area (TPSA) is 61.4 Å². The zero-order valence-electron chi connectivity index (χ0n) is 12.1. The maximum atomic E-state index is 12.0. The Kier molecular flexibility index (Phi) is 6.64. The molecule has 1 aromatic rings. The normalized spacial score (nSPS) is 12.6. The summed E-state index contributed by atoms with van der Waals surface area (Å²) in [4.78, 5) is 26.5. The Morgan fingerprint density at radius 2 is 2.00 bits per heavy atom. The highest BCUT2D eigenvalue weighted by Gasteiger charge is 2.20. The molecule has 7 heteroatoms. The van der Waals surface area contributed by atoms with Crippen molar-refractivity contribution in [1.82, 2.24) is 15.5 Å². The van der Waals surface area contributed by atoms with Crippen LogP contribution in [0.15, 0.2) is 15.9 Å². The predicted octanol–water partition coefficient (Wildman–Crippen LogP) is 2.57. The molecule has 20 heavy (non-hydrogen) atoms. The van der Waals surface area contributed by atoms with E-state index in [-0.39, 0.29) is 18.0 Å². The highest BCUT2D eigenvalue weighted by atomic mass is 79.9. The molecule has 0 aliphatic rings. The Balaban J connectivity index is 2.49. The molecule has 0 radical (unpaired) electrons. The van der Waals surface area contributed by atoms with Crippen LogP contribution in [0.5, 0.6) is 0 Å². The summed E-state index contributed by atoms with van der Waals surface area (Å²) in [5.41, 5.74) is 0. The molecule has 1 heterocycles. The lowest BCUT2D eigenvalue weighted by atomic mass is 10.2. The van der Waals surface area contributed by atoms with Gasteiger partial charge in [-0.2, -0.15) is 0 Å². The second-order valence-electron chi connectivity index (χ2n) is 4.91. The molecule has 0 aromatic carbocycles. The first-order valence-corrected chi connectivity index (χ1v) is 7.96. The van der Waals surface area contributed by atoms with Gasteiger partial charge in [-0.05, 0) is 55.9 Å². The van der Waals surface area contributed by atoms with Crippen molar-refractivity contribution < 1.29 is 9.59 Å². The van der Waals surface area contributed by atoms with Gasteiger partial charge in [0.25, 0.3) is 0 Å². The highest BCUT2D eigenvalue weighted by Crippen LogP contribution is 2.23. The average molecular weight is 362 g/mol. The molecule has 0 fully saturated rings. The van der Waals surface area contributed by atoms with Crippen molar-refractivity contribution in [3.63, 3.8) is 0 Å². The molecular formula is C13H20BrN3O2S. The van der Waals surface area contributed by atoms with E-state index in [9.17, 15) is 9.59 Å². The SMILES string of the molecule is CC(C)NC(=O)NC(=O)C(C)N(C)Cc1ccc(Br)s1. The first-order chi connectivity index (χ1) is 9.29. The Morgan fingerprint density at radius 1 is 1.35 bits per heavy atom. The standard InChI is InChI=1S/C13H20BrN3O2S/c1-8(2)15-13(19)16-12(18)9(3)17(4)7-10-5-6-11(14)20-10/h5-6,8-9H,7H2,1-4H3,(H2,15,16,18,19). The van der Waals surface area contributed by atoms with Gasteiger partial charge in [0.1, 0.15) is 0 Å². The van der Waals surface area contributed by atoms with E-state index in [1.807, 2.05) is 37.9 Å². The van der Waals surface area contributed by atoms with Gasteiger partial charge in [0.05, 0.1) is 9.83 Å². The number of imide groups is 1. The van der Waals surface area contributed by atoms with Crippen LogP contribution in [0.1, 0.15) is 25.6 Å². The number of halogens is 1. The van der Waals surface area contributed by atoms with E-state index in [0.29, 0.717) is 6.54 Å². The first kappa shape index (κ1) is 17.1. The van der Waals surface area contributed by atoms with Crippen molar-refractivity contribution in [2.75, 3.05) is 7.05 Å². The third-order valence-electron chi connectivity index (χ3n) is 2.73. The largest absolute Gasteiger partial charge is 0.336 e. The monoisotopic (exact) mass is 361 g/mol. The van der Waals surface area contributed by atoms with E-state index in [1.165, 1.54) is 0 Å². The van der Waals surface area contributed by atoms with Gasteiger partial charge in [0.2, 0.25) is 5.91 Å². The van der Waals surface area contributed by atoms with Crippen LogP contribution in [-0.4, -0.2) is 36.0 Å². The van der Waals surface area contributed by atoms with E-state index < -0.39 is 6.03 Å². The van der Waals surface area contributed by atoms with Gasteiger partial charge in [0, 0.05) is 17.5 Å². The van der Waals surface area contributed by atoms with Crippen molar-refractivity contribution in [3.05, 3.63) is 20.8 Å². The number of urea groups is 1. The molecule has 0 spiro atoms. The number of hydrogen-bond donors (Lipinski definition) is 2. The first-order valence-electron chi connectivity index (χ1n) is 6.35. The fourth-order valence-electron chi connectivity index (χ4n) is 1.53. The highest BCUT2D eigenvalue weighted by molar-refractivity contribution is 9.11. The third-order valence-corrected chi connectivity index (χ3v) is 4.34. The molecule has 0 saturated carbocycles. The molecule has 0 aliphatic carbocycles. The average Bonchev–Trinajstić information content (AvgIpc) is 2.72. The zero-order chi connectivity index (χ0) is 15.3. The summed E-state index contributed by atoms with van der Waals surface area (Å²) >= 11 is 5.04. The van der Waals surface area contributed by atoms with Crippen molar-refractivity contribution in [2.24, 2.45) is 0 Å². The minimum atomic E-state index is -0.455. The van der Waals surface area contributed by atoms with Crippen molar-refractivity contribution >= 4 is 39.2 Å². The van der Waals surface area contributed by atoms with Gasteiger partial charge < -0.3 is 5.32 Å². The second kappa shape index (κ2) is 7.75. The maximum Gasteiger partial charge on any atom is 0.321 e. The molecular weight excluding hydrogens is 342 g/mol. The van der Waals surface area contributed by atoms with E-state index >= 15 is 0 Å². The van der Waals surface area contributed by atoms with Crippen LogP contribution in [-0.2, 0) is 11.3 Å². The fraction of sp³-hybridized carbons (Fsp3) is 0.538. The number of carbonyl (C=O) groups excluding carboxylic acids is 2. The van der Waals surface area contributed by atoms with Crippen molar-refractivity contribution in [2.45, 2.75) is 39.4 Å². The predicted molar refractivity (Wildman–Crippen MR) is 84.8 cm³/mol. The lowest BCUT2D eigenvalue weighted by Crippen LogP contribution is -2.49. The lowest BCUT2D eigenvalue weighted by molar-refractivity contribution is -0.124. The molecule has 112 valence electrons. The van der Waals surface area contributed by atoms with Crippen LogP contribution in [0.4, 0.5) is 4.79 Å². The molecule has 2 N–H and O–H groups in total. The lowest BCUT2D eigenvalue weighted by Gasteiger charge is -2.23. The molecule has 3 amide bonds. The van der Waals surface area contributed by atoms with Crippen molar-refractivity contribution in [1.29, 1.82) is 0 Å². The van der Waals surface area contributed by atoms with E-state index in [1.54, 1.807) is 18.3 Å². The number of carbonyl (C=O) groups is 2. The van der Waals surface area contributed by atoms with Crippen molar-refractivity contribution in [3.8, 4) is 0 Å². The quantitative estimate of drug-likeness (QED) is 0.846. The van der Waals surface area contributed by atoms with E-state index in [2.05, 4.69) is 26.6 Å². The molecule has 5 nitrogen and oxygen atoms in total. The summed E-state index contributed by atoms with van der Waals surface area (Å²) in [5.74, 6) is -0.304. The number of nitrogens with zero attached hydrogens (tertiary/aromatic N) is 1. The summed E-state index contributed by atoms with van der Waals surface area (Å²) in [6.45, 7) is 6.12. The van der Waals surface area contributed by atoms with Crippen LogP contribution < -0.4 is 10.6 Å². The summed E-state index contributed by atoms with van der Waals surface area (Å²) in [6, 6.07) is 3.16. The molecule has 1 unspecified atom stereocenters. The maximum absolute atomic E-state index is 12.0. The molecule has 0 saturated heterocycles. The summed E-state index contributed by atoms with van der Waals surface area (Å²) in [7, 11) is 1.86. The Bertz CT molecular complexity index is 476. The number of thiophene rings is 1. The molecule has 0 aliphatic heterocycles. The van der Waals surface area contributed by atoms with Crippen LogP contribution in [0, 0.1) is 0 Å². The molecule has 1 atom stereocenters. The summed E-state index contributed by atoms with van der Waals surface area (Å²) < 4.78 is 1.06. The Labute approximate surface area is 131 Å². The smallest absolute Gasteiger partial charge is 0.321 e. The minimum Gasteiger partial charge on any atom is -0.336 e. The van der Waals surface area contributed by atoms with E-state index in [0.717, 1.165) is 8.66 Å². The summed E-state index contributed by atoms with van der Waals surface area (Å²) in [5, 5.41) is 4.97. The third kappa shape index (κ3) is 5.60. The number of amides is 3. The van der Waals surface area contributed by atoms with Crippen LogP contribution in [0.2, 0.25) is 0 Å². The van der Waals surface area contributed by atoms with Gasteiger partial charge in [0.15, 0.2) is 0 Å². The Morgan fingerprint density at radius 3 is 2.50 bits per heavy atom. The summed E-state index contributed by atoms with van der Waals surface area (Å²) in [6.07, 6.45) is 0.